The molecule has 0 aliphatic heterocycles. The van der Waals surface area contributed by atoms with Gasteiger partial charge >= 0.3 is 0 Å². The van der Waals surface area contributed by atoms with Crippen molar-refractivity contribution in [3.8, 4) is 5.75 Å². The van der Waals surface area contributed by atoms with Gasteiger partial charge in [-0.25, -0.2) is 4.39 Å². The van der Waals surface area contributed by atoms with Crippen LogP contribution in [-0.2, 0) is 23.1 Å². The van der Waals surface area contributed by atoms with Crippen LogP contribution >= 0.6 is 0 Å². The maximum atomic E-state index is 12.9. The van der Waals surface area contributed by atoms with E-state index in [2.05, 4.69) is 5.32 Å². The second-order valence-corrected chi connectivity index (χ2v) is 7.19. The summed E-state index contributed by atoms with van der Waals surface area (Å²) in [6, 6.07) is 16.0. The van der Waals surface area contributed by atoms with E-state index >= 15 is 0 Å². The molecule has 1 unspecified atom stereocenters. The maximum absolute atomic E-state index is 12.9. The lowest BCUT2D eigenvalue weighted by atomic mass is 10.2. The Morgan fingerprint density at radius 3 is 2.44 bits per heavy atom. The summed E-state index contributed by atoms with van der Waals surface area (Å²) in [5.41, 5.74) is 0.924. The molecule has 2 aromatic carbocycles. The van der Waals surface area contributed by atoms with Gasteiger partial charge in [-0.05, 0) is 54.1 Å². The summed E-state index contributed by atoms with van der Waals surface area (Å²) in [4.78, 5) is 12.7. The van der Waals surface area contributed by atoms with Crippen LogP contribution in [0.3, 0.4) is 0 Å². The van der Waals surface area contributed by atoms with Crippen LogP contribution in [0.15, 0.2) is 70.0 Å². The van der Waals surface area contributed by atoms with Gasteiger partial charge in [0.2, 0.25) is 0 Å². The lowest BCUT2D eigenvalue weighted by molar-refractivity contribution is 0.0921. The monoisotopic (exact) mass is 387 g/mol. The second kappa shape index (κ2) is 8.64. The average Bonchev–Trinajstić information content (AvgIpc) is 3.15. The van der Waals surface area contributed by atoms with E-state index in [1.54, 1.807) is 19.2 Å². The Kier molecular flexibility index (Phi) is 6.03. The Morgan fingerprint density at radius 1 is 1.07 bits per heavy atom. The van der Waals surface area contributed by atoms with Crippen LogP contribution in [0, 0.1) is 5.82 Å². The Hall–Kier alpha value is -2.93. The van der Waals surface area contributed by atoms with E-state index in [1.807, 2.05) is 24.3 Å². The average molecular weight is 387 g/mol. The molecule has 1 N–H and O–H groups in total. The molecule has 7 heteroatoms. The molecule has 0 spiro atoms. The number of ether oxygens (including phenoxy) is 1. The maximum Gasteiger partial charge on any atom is 0.287 e. The Balaban J connectivity index is 1.56. The zero-order valence-corrected chi connectivity index (χ0v) is 15.4. The van der Waals surface area contributed by atoms with Gasteiger partial charge in [0.15, 0.2) is 5.76 Å². The zero-order valence-electron chi connectivity index (χ0n) is 14.6. The van der Waals surface area contributed by atoms with E-state index in [-0.39, 0.29) is 23.2 Å². The molecule has 0 aliphatic carbocycles. The summed E-state index contributed by atoms with van der Waals surface area (Å²) < 4.78 is 35.8. The van der Waals surface area contributed by atoms with Gasteiger partial charge < -0.3 is 14.5 Å². The molecule has 5 nitrogen and oxygen atoms in total. The van der Waals surface area contributed by atoms with Gasteiger partial charge in [-0.15, -0.1) is 0 Å². The molecule has 3 rings (SSSR count). The molecule has 0 aliphatic rings. The van der Waals surface area contributed by atoms with Gasteiger partial charge in [0.25, 0.3) is 5.91 Å². The topological polar surface area (TPSA) is 68.5 Å². The molecule has 1 heterocycles. The smallest absolute Gasteiger partial charge is 0.287 e. The number of furan rings is 1. The Labute approximate surface area is 158 Å². The molecule has 1 amide bonds. The number of rotatable bonds is 7. The lowest BCUT2D eigenvalue weighted by Gasteiger charge is -2.05. The van der Waals surface area contributed by atoms with Crippen LogP contribution in [0.5, 0.6) is 5.75 Å². The van der Waals surface area contributed by atoms with Gasteiger partial charge in [-0.2, -0.15) is 0 Å². The number of hydrogen-bond donors (Lipinski definition) is 1. The first-order valence-corrected chi connectivity index (χ1v) is 9.51. The van der Waals surface area contributed by atoms with Gasteiger partial charge in [-0.1, -0.05) is 12.1 Å². The number of nitrogens with one attached hydrogen (secondary N) is 1. The van der Waals surface area contributed by atoms with Gasteiger partial charge in [0, 0.05) is 11.4 Å². The van der Waals surface area contributed by atoms with E-state index in [0.29, 0.717) is 17.2 Å². The van der Waals surface area contributed by atoms with Crippen LogP contribution in [0.2, 0.25) is 0 Å². The molecule has 0 saturated carbocycles. The van der Waals surface area contributed by atoms with Crippen LogP contribution < -0.4 is 10.1 Å². The minimum Gasteiger partial charge on any atom is -0.497 e. The molecule has 1 aromatic heterocycles. The zero-order chi connectivity index (χ0) is 19.2. The minimum atomic E-state index is -1.38. The van der Waals surface area contributed by atoms with Crippen LogP contribution in [-0.4, -0.2) is 17.2 Å². The van der Waals surface area contributed by atoms with E-state index in [0.717, 1.165) is 11.3 Å². The molecule has 140 valence electrons. The fourth-order valence-electron chi connectivity index (χ4n) is 2.39. The summed E-state index contributed by atoms with van der Waals surface area (Å²) >= 11 is 0. The Morgan fingerprint density at radius 2 is 1.78 bits per heavy atom. The van der Waals surface area contributed by atoms with Crippen molar-refractivity contribution < 1.29 is 22.5 Å². The standard InChI is InChI=1S/C20H18FNO4S/c1-25-16-6-2-14(3-7-16)12-22-20(23)19-11-8-17(26-19)13-27(24)18-9-4-15(21)5-10-18/h2-11H,12-13H2,1H3,(H,22,23). The highest BCUT2D eigenvalue weighted by atomic mass is 32.2. The molecular formula is C20H18FNO4S. The van der Waals surface area contributed by atoms with Crippen LogP contribution in [0.25, 0.3) is 0 Å². The lowest BCUT2D eigenvalue weighted by Crippen LogP contribution is -2.22. The number of carbonyl (C=O) groups is 1. The molecule has 27 heavy (non-hydrogen) atoms. The van der Waals surface area contributed by atoms with E-state index < -0.39 is 10.8 Å². The minimum absolute atomic E-state index is 0.109. The van der Waals surface area contributed by atoms with E-state index in [4.69, 9.17) is 9.15 Å². The number of carbonyl (C=O) groups excluding carboxylic acids is 1. The number of hydrogen-bond acceptors (Lipinski definition) is 4. The predicted molar refractivity (Wildman–Crippen MR) is 99.4 cm³/mol. The first-order valence-electron chi connectivity index (χ1n) is 8.19. The van der Waals surface area contributed by atoms with Crippen molar-refractivity contribution in [2.75, 3.05) is 7.11 Å². The quantitative estimate of drug-likeness (QED) is 0.672. The second-order valence-electron chi connectivity index (χ2n) is 5.74. The third-order valence-electron chi connectivity index (χ3n) is 3.85. The third-order valence-corrected chi connectivity index (χ3v) is 5.19. The fraction of sp³-hybridized carbons (Fsp3) is 0.150. The summed E-state index contributed by atoms with van der Waals surface area (Å²) in [7, 11) is 0.208. The SMILES string of the molecule is COc1ccc(CNC(=O)c2ccc(CS(=O)c3ccc(F)cc3)o2)cc1. The Bertz CT molecular complexity index is 935. The largest absolute Gasteiger partial charge is 0.497 e. The van der Waals surface area contributed by atoms with Crippen molar-refractivity contribution in [2.24, 2.45) is 0 Å². The highest BCUT2D eigenvalue weighted by Gasteiger charge is 2.13. The molecule has 0 saturated heterocycles. The highest BCUT2D eigenvalue weighted by molar-refractivity contribution is 7.84. The fourth-order valence-corrected chi connectivity index (χ4v) is 3.41. The van der Waals surface area contributed by atoms with Crippen molar-refractivity contribution in [3.05, 3.63) is 83.6 Å². The molecule has 3 aromatic rings. The molecule has 0 radical (unpaired) electrons. The van der Waals surface area contributed by atoms with Gasteiger partial charge in [0.05, 0.1) is 23.7 Å². The van der Waals surface area contributed by atoms with Crippen molar-refractivity contribution in [2.45, 2.75) is 17.2 Å². The van der Waals surface area contributed by atoms with Crippen LogP contribution in [0.4, 0.5) is 4.39 Å². The molecule has 1 atom stereocenters. The highest BCUT2D eigenvalue weighted by Crippen LogP contribution is 2.16. The first-order chi connectivity index (χ1) is 13.0. The van der Waals surface area contributed by atoms with Crippen molar-refractivity contribution in [3.63, 3.8) is 0 Å². The van der Waals surface area contributed by atoms with Crippen molar-refractivity contribution in [1.82, 2.24) is 5.32 Å². The van der Waals surface area contributed by atoms with Gasteiger partial charge in [-0.3, -0.25) is 9.00 Å². The predicted octanol–water partition coefficient (Wildman–Crippen LogP) is 3.67. The summed E-state index contributed by atoms with van der Waals surface area (Å²) in [5, 5.41) is 2.77. The first kappa shape index (κ1) is 18.8. The molecule has 0 fully saturated rings. The molecule has 0 bridgehead atoms. The molecular weight excluding hydrogens is 369 g/mol. The summed E-state index contributed by atoms with van der Waals surface area (Å²) in [6.07, 6.45) is 0. The van der Waals surface area contributed by atoms with Crippen molar-refractivity contribution >= 4 is 16.7 Å². The third kappa shape index (κ3) is 5.04. The normalized spacial score (nSPS) is 11.8. The number of methoxy groups -OCH3 is 1. The number of halogens is 1. The van der Waals surface area contributed by atoms with Crippen LogP contribution in [0.1, 0.15) is 21.9 Å². The summed E-state index contributed by atoms with van der Waals surface area (Å²) in [6.45, 7) is 0.348. The summed E-state index contributed by atoms with van der Waals surface area (Å²) in [5.74, 6) is 0.684. The number of benzene rings is 2. The van der Waals surface area contributed by atoms with Crippen molar-refractivity contribution in [1.29, 1.82) is 0 Å². The van der Waals surface area contributed by atoms with E-state index in [9.17, 15) is 13.4 Å². The van der Waals surface area contributed by atoms with Gasteiger partial charge in [0.1, 0.15) is 17.3 Å². The van der Waals surface area contributed by atoms with E-state index in [1.165, 1.54) is 24.3 Å². The number of amides is 1.